The van der Waals surface area contributed by atoms with Gasteiger partial charge in [-0.2, -0.15) is 0 Å². The van der Waals surface area contributed by atoms with Crippen molar-refractivity contribution in [2.75, 3.05) is 14.2 Å². The summed E-state index contributed by atoms with van der Waals surface area (Å²) in [5, 5.41) is 19.5. The van der Waals surface area contributed by atoms with Gasteiger partial charge >= 0.3 is 5.97 Å². The van der Waals surface area contributed by atoms with Gasteiger partial charge in [-0.15, -0.1) is 0 Å². The summed E-state index contributed by atoms with van der Waals surface area (Å²) in [5.41, 5.74) is 0.125. The van der Waals surface area contributed by atoms with Crippen molar-refractivity contribution in [1.82, 2.24) is 0 Å². The van der Waals surface area contributed by atoms with Crippen molar-refractivity contribution in [3.8, 4) is 17.2 Å². The highest BCUT2D eigenvalue weighted by Crippen LogP contribution is 2.40. The molecule has 0 aliphatic rings. The molecule has 1 aromatic carbocycles. The average Bonchev–Trinajstić information content (AvgIpc) is 2.28. The van der Waals surface area contributed by atoms with Gasteiger partial charge in [0, 0.05) is 0 Å². The largest absolute Gasteiger partial charge is 0.504 e. The van der Waals surface area contributed by atoms with Gasteiger partial charge in [0.25, 0.3) is 0 Å². The topological polar surface area (TPSA) is 93.1 Å². The van der Waals surface area contributed by atoms with Crippen molar-refractivity contribution in [1.29, 1.82) is 0 Å². The number of benzene rings is 1. The van der Waals surface area contributed by atoms with Crippen molar-refractivity contribution in [2.45, 2.75) is 13.3 Å². The molecule has 1 rings (SSSR count). The Labute approximate surface area is 104 Å². The fraction of sp³-hybridized carbons (Fsp3) is 0.333. The number of esters is 1. The first-order valence-corrected chi connectivity index (χ1v) is 5.11. The first kappa shape index (κ1) is 13.8. The maximum Gasteiger partial charge on any atom is 0.310 e. The molecule has 0 saturated heterocycles. The number of hydrogen-bond donors (Lipinski definition) is 2. The number of ketones is 1. The maximum atomic E-state index is 11.5. The van der Waals surface area contributed by atoms with Crippen LogP contribution in [-0.4, -0.2) is 36.2 Å². The van der Waals surface area contributed by atoms with E-state index in [4.69, 9.17) is 4.74 Å². The predicted molar refractivity (Wildman–Crippen MR) is 62.0 cm³/mol. The summed E-state index contributed by atoms with van der Waals surface area (Å²) in [6.07, 6.45) is -0.226. The Bertz CT molecular complexity index is 492. The Morgan fingerprint density at radius 3 is 2.33 bits per heavy atom. The number of phenolic OH excluding ortho intramolecular Hbond substituents is 2. The summed E-state index contributed by atoms with van der Waals surface area (Å²) in [4.78, 5) is 22.7. The van der Waals surface area contributed by atoms with Gasteiger partial charge in [0.15, 0.2) is 17.3 Å². The van der Waals surface area contributed by atoms with Crippen LogP contribution in [-0.2, 0) is 16.0 Å². The van der Waals surface area contributed by atoms with E-state index in [0.717, 1.165) is 0 Å². The second kappa shape index (κ2) is 5.39. The molecule has 0 radical (unpaired) electrons. The van der Waals surface area contributed by atoms with E-state index in [0.29, 0.717) is 0 Å². The SMILES string of the molecule is COC(=O)Cc1cc(O)c(OC)c(O)c1C(C)=O. The Kier molecular flexibility index (Phi) is 4.14. The minimum absolute atomic E-state index is 0.0601. The van der Waals surface area contributed by atoms with Crippen LogP contribution in [0.25, 0.3) is 0 Å². The van der Waals surface area contributed by atoms with Crippen LogP contribution < -0.4 is 4.74 Å². The van der Waals surface area contributed by atoms with Crippen molar-refractivity contribution in [3.63, 3.8) is 0 Å². The molecule has 0 spiro atoms. The minimum atomic E-state index is -0.582. The number of Topliss-reactive ketones (excluding diaryl/α,β-unsaturated/α-hetero) is 1. The van der Waals surface area contributed by atoms with Gasteiger partial charge in [-0.05, 0) is 18.6 Å². The van der Waals surface area contributed by atoms with Crippen LogP contribution in [0.15, 0.2) is 6.07 Å². The van der Waals surface area contributed by atoms with Crippen molar-refractivity contribution in [3.05, 3.63) is 17.2 Å². The number of aromatic hydroxyl groups is 2. The fourth-order valence-corrected chi connectivity index (χ4v) is 1.65. The van der Waals surface area contributed by atoms with Crippen molar-refractivity contribution in [2.24, 2.45) is 0 Å². The molecule has 1 aromatic rings. The highest BCUT2D eigenvalue weighted by atomic mass is 16.5. The lowest BCUT2D eigenvalue weighted by molar-refractivity contribution is -0.139. The molecule has 0 saturated carbocycles. The zero-order chi connectivity index (χ0) is 13.9. The molecule has 0 fully saturated rings. The molecule has 0 bridgehead atoms. The molecule has 6 nitrogen and oxygen atoms in total. The van der Waals surface area contributed by atoms with Crippen LogP contribution >= 0.6 is 0 Å². The normalized spacial score (nSPS) is 9.94. The summed E-state index contributed by atoms with van der Waals surface area (Å²) in [5.74, 6) is -2.05. The Hall–Kier alpha value is -2.24. The number of carbonyl (C=O) groups excluding carboxylic acids is 2. The van der Waals surface area contributed by atoms with Crippen molar-refractivity contribution >= 4 is 11.8 Å². The zero-order valence-electron chi connectivity index (χ0n) is 10.3. The standard InChI is InChI=1S/C12H14O6/c1-6(13)10-7(5-9(15)17-2)4-8(14)12(18-3)11(10)16/h4,14,16H,5H2,1-3H3. The van der Waals surface area contributed by atoms with E-state index >= 15 is 0 Å². The quantitative estimate of drug-likeness (QED) is 0.615. The molecular formula is C12H14O6. The van der Waals surface area contributed by atoms with Crippen LogP contribution in [0.2, 0.25) is 0 Å². The van der Waals surface area contributed by atoms with E-state index in [1.807, 2.05) is 0 Å². The Morgan fingerprint density at radius 2 is 1.89 bits per heavy atom. The Morgan fingerprint density at radius 1 is 1.28 bits per heavy atom. The monoisotopic (exact) mass is 254 g/mol. The number of phenols is 2. The van der Waals surface area contributed by atoms with Gasteiger partial charge < -0.3 is 19.7 Å². The third-order valence-corrected chi connectivity index (χ3v) is 2.44. The number of methoxy groups -OCH3 is 2. The molecule has 0 heterocycles. The van der Waals surface area contributed by atoms with Gasteiger partial charge in [0.05, 0.1) is 26.2 Å². The average molecular weight is 254 g/mol. The summed E-state index contributed by atoms with van der Waals surface area (Å²) in [7, 11) is 2.46. The van der Waals surface area contributed by atoms with Crippen LogP contribution in [0.4, 0.5) is 0 Å². The molecule has 0 aliphatic carbocycles. The second-order valence-corrected chi connectivity index (χ2v) is 3.62. The van der Waals surface area contributed by atoms with Gasteiger partial charge in [-0.25, -0.2) is 0 Å². The van der Waals surface area contributed by atoms with Gasteiger partial charge in [0.1, 0.15) is 0 Å². The molecule has 0 aliphatic heterocycles. The van der Waals surface area contributed by atoms with Crippen LogP contribution in [0.5, 0.6) is 17.2 Å². The smallest absolute Gasteiger partial charge is 0.310 e. The van der Waals surface area contributed by atoms with Crippen LogP contribution in [0.3, 0.4) is 0 Å². The van der Waals surface area contributed by atoms with Gasteiger partial charge in [0.2, 0.25) is 5.75 Å². The van der Waals surface area contributed by atoms with Crippen LogP contribution in [0, 0.1) is 0 Å². The number of carbonyl (C=O) groups is 2. The summed E-state index contributed by atoms with van der Waals surface area (Å²) >= 11 is 0. The van der Waals surface area contributed by atoms with Gasteiger partial charge in [-0.3, -0.25) is 9.59 Å². The van der Waals surface area contributed by atoms with Crippen LogP contribution in [0.1, 0.15) is 22.8 Å². The number of rotatable bonds is 4. The number of hydrogen-bond acceptors (Lipinski definition) is 6. The summed E-state index contributed by atoms with van der Waals surface area (Å²) in [6, 6.07) is 1.20. The molecule has 0 amide bonds. The summed E-state index contributed by atoms with van der Waals surface area (Å²) in [6.45, 7) is 1.24. The van der Waals surface area contributed by atoms with E-state index in [9.17, 15) is 19.8 Å². The minimum Gasteiger partial charge on any atom is -0.504 e. The molecule has 0 unspecified atom stereocenters. The maximum absolute atomic E-state index is 11.5. The predicted octanol–water partition coefficient (Wildman–Crippen LogP) is 1.02. The lowest BCUT2D eigenvalue weighted by atomic mass is 9.99. The van der Waals surface area contributed by atoms with Crippen molar-refractivity contribution < 1.29 is 29.3 Å². The molecule has 0 atom stereocenters. The molecule has 6 heteroatoms. The highest BCUT2D eigenvalue weighted by molar-refractivity contribution is 6.00. The van der Waals surface area contributed by atoms with E-state index in [1.54, 1.807) is 0 Å². The first-order chi connectivity index (χ1) is 8.42. The Balaban J connectivity index is 3.41. The van der Waals surface area contributed by atoms with E-state index < -0.39 is 17.5 Å². The molecule has 18 heavy (non-hydrogen) atoms. The molecule has 98 valence electrons. The third kappa shape index (κ3) is 2.53. The lowest BCUT2D eigenvalue weighted by Crippen LogP contribution is -2.09. The van der Waals surface area contributed by atoms with E-state index in [-0.39, 0.29) is 29.0 Å². The van der Waals surface area contributed by atoms with E-state index in [1.165, 1.54) is 27.2 Å². The lowest BCUT2D eigenvalue weighted by Gasteiger charge is -2.13. The van der Waals surface area contributed by atoms with E-state index in [2.05, 4.69) is 4.74 Å². The summed E-state index contributed by atoms with van der Waals surface area (Å²) < 4.78 is 9.26. The third-order valence-electron chi connectivity index (χ3n) is 2.44. The molecular weight excluding hydrogens is 240 g/mol. The second-order valence-electron chi connectivity index (χ2n) is 3.62. The highest BCUT2D eigenvalue weighted by Gasteiger charge is 2.22. The fourth-order valence-electron chi connectivity index (χ4n) is 1.65. The first-order valence-electron chi connectivity index (χ1n) is 5.11. The zero-order valence-corrected chi connectivity index (χ0v) is 10.3. The number of ether oxygens (including phenoxy) is 2. The molecule has 0 aromatic heterocycles. The van der Waals surface area contributed by atoms with Gasteiger partial charge in [-0.1, -0.05) is 0 Å². The molecule has 2 N–H and O–H groups in total.